The molecular formula is C49H33NO2. The molecule has 0 aliphatic carbocycles. The molecule has 3 nitrogen and oxygen atoms in total. The number of para-hydroxylation sites is 3. The van der Waals surface area contributed by atoms with Gasteiger partial charge in [-0.15, -0.1) is 0 Å². The van der Waals surface area contributed by atoms with E-state index in [1.165, 1.54) is 16.2 Å². The maximum atomic E-state index is 6.82. The molecule has 0 aliphatic heterocycles. The maximum absolute atomic E-state index is 6.82. The second-order valence-electron chi connectivity index (χ2n) is 13.3. The van der Waals surface area contributed by atoms with E-state index in [9.17, 15) is 0 Å². The van der Waals surface area contributed by atoms with Gasteiger partial charge >= 0.3 is 0 Å². The molecular weight excluding hydrogens is 635 g/mol. The molecule has 0 spiro atoms. The van der Waals surface area contributed by atoms with Crippen molar-refractivity contribution >= 4 is 88.6 Å². The Bertz CT molecular complexity index is 3070. The van der Waals surface area contributed by atoms with Gasteiger partial charge in [-0.05, 0) is 81.6 Å². The molecule has 246 valence electrons. The highest BCUT2D eigenvalue weighted by Gasteiger charge is 2.29. The number of benzene rings is 8. The fourth-order valence-corrected chi connectivity index (χ4v) is 8.10. The highest BCUT2D eigenvalue weighted by molar-refractivity contribution is 6.19. The van der Waals surface area contributed by atoms with Gasteiger partial charge in [-0.1, -0.05) is 140 Å². The molecule has 52 heavy (non-hydrogen) atoms. The second-order valence-corrected chi connectivity index (χ2v) is 13.3. The summed E-state index contributed by atoms with van der Waals surface area (Å²) in [5.41, 5.74) is 11.0. The van der Waals surface area contributed by atoms with Gasteiger partial charge in [-0.2, -0.15) is 0 Å². The third-order valence-electron chi connectivity index (χ3n) is 10.4. The van der Waals surface area contributed by atoms with Gasteiger partial charge in [0.15, 0.2) is 5.58 Å². The number of fused-ring (bicyclic) bond motifs is 8. The Labute approximate surface area is 300 Å². The van der Waals surface area contributed by atoms with Crippen LogP contribution in [0.2, 0.25) is 0 Å². The first-order chi connectivity index (χ1) is 25.7. The molecule has 2 heterocycles. The normalized spacial score (nSPS) is 11.9. The Kier molecular flexibility index (Phi) is 6.87. The average Bonchev–Trinajstić information content (AvgIpc) is 3.77. The van der Waals surface area contributed by atoms with Crippen LogP contribution in [0.25, 0.3) is 82.6 Å². The first kappa shape index (κ1) is 30.0. The van der Waals surface area contributed by atoms with Gasteiger partial charge in [0.1, 0.15) is 16.7 Å². The van der Waals surface area contributed by atoms with E-state index in [-0.39, 0.29) is 0 Å². The van der Waals surface area contributed by atoms with Crippen molar-refractivity contribution < 1.29 is 8.83 Å². The highest BCUT2D eigenvalue weighted by atomic mass is 16.3. The van der Waals surface area contributed by atoms with E-state index in [4.69, 9.17) is 8.83 Å². The van der Waals surface area contributed by atoms with Gasteiger partial charge in [0.2, 0.25) is 0 Å². The number of hydrogen-bond donors (Lipinski definition) is 0. The van der Waals surface area contributed by atoms with Crippen molar-refractivity contribution in [2.24, 2.45) is 0 Å². The molecule has 0 bridgehead atoms. The first-order valence-electron chi connectivity index (χ1n) is 17.6. The minimum Gasteiger partial charge on any atom is -0.456 e. The molecule has 2 aromatic heterocycles. The molecule has 10 rings (SSSR count). The minimum absolute atomic E-state index is 0.828. The summed E-state index contributed by atoms with van der Waals surface area (Å²) in [7, 11) is 0. The van der Waals surface area contributed by atoms with E-state index < -0.39 is 0 Å². The van der Waals surface area contributed by atoms with Crippen LogP contribution in [0.15, 0.2) is 179 Å². The zero-order chi connectivity index (χ0) is 34.8. The van der Waals surface area contributed by atoms with Crippen LogP contribution in [0, 0.1) is 6.92 Å². The molecule has 0 atom stereocenters. The summed E-state index contributed by atoms with van der Waals surface area (Å²) in [6.07, 6.45) is 6.06. The van der Waals surface area contributed by atoms with Crippen molar-refractivity contribution in [2.45, 2.75) is 6.92 Å². The van der Waals surface area contributed by atoms with Crippen molar-refractivity contribution in [3.05, 3.63) is 182 Å². The summed E-state index contributed by atoms with van der Waals surface area (Å²) < 4.78 is 13.3. The summed E-state index contributed by atoms with van der Waals surface area (Å²) in [6.45, 7) is 6.27. The molecule has 10 aromatic rings. The van der Waals surface area contributed by atoms with Crippen LogP contribution in [0.1, 0.15) is 11.1 Å². The Balaban J connectivity index is 1.42. The fraction of sp³-hybridized carbons (Fsp3) is 0.0204. The monoisotopic (exact) mass is 667 g/mol. The quantitative estimate of drug-likeness (QED) is 0.165. The lowest BCUT2D eigenvalue weighted by molar-refractivity contribution is 0.668. The molecule has 0 N–H and O–H groups in total. The summed E-state index contributed by atoms with van der Waals surface area (Å²) in [5.74, 6) is 0. The van der Waals surface area contributed by atoms with E-state index >= 15 is 0 Å². The predicted molar refractivity (Wildman–Crippen MR) is 220 cm³/mol. The van der Waals surface area contributed by atoms with Crippen LogP contribution in [0.3, 0.4) is 0 Å². The average molecular weight is 668 g/mol. The topological polar surface area (TPSA) is 29.5 Å². The summed E-state index contributed by atoms with van der Waals surface area (Å²) in [6, 6.07) is 53.6. The molecule has 0 unspecified atom stereocenters. The van der Waals surface area contributed by atoms with Crippen LogP contribution in [-0.2, 0) is 0 Å². The summed E-state index contributed by atoms with van der Waals surface area (Å²) in [5, 5.41) is 9.01. The largest absolute Gasteiger partial charge is 0.456 e. The van der Waals surface area contributed by atoms with Crippen LogP contribution in [0.5, 0.6) is 0 Å². The van der Waals surface area contributed by atoms with Crippen molar-refractivity contribution in [2.75, 3.05) is 4.90 Å². The van der Waals surface area contributed by atoms with Gasteiger partial charge in [0, 0.05) is 21.7 Å². The first-order valence-corrected chi connectivity index (χ1v) is 17.6. The third kappa shape index (κ3) is 4.53. The number of furan rings is 2. The Hall–Kier alpha value is -6.84. The lowest BCUT2D eigenvalue weighted by Gasteiger charge is -2.32. The van der Waals surface area contributed by atoms with Crippen molar-refractivity contribution in [3.63, 3.8) is 0 Å². The van der Waals surface area contributed by atoms with Gasteiger partial charge < -0.3 is 13.7 Å². The lowest BCUT2D eigenvalue weighted by Crippen LogP contribution is -2.14. The van der Waals surface area contributed by atoms with E-state index in [0.717, 1.165) is 88.6 Å². The van der Waals surface area contributed by atoms with Crippen molar-refractivity contribution in [1.29, 1.82) is 0 Å². The van der Waals surface area contributed by atoms with E-state index in [0.29, 0.717) is 0 Å². The summed E-state index contributed by atoms with van der Waals surface area (Å²) in [4.78, 5) is 2.42. The van der Waals surface area contributed by atoms with Crippen LogP contribution in [0.4, 0.5) is 17.1 Å². The molecule has 0 saturated heterocycles. The molecule has 3 heteroatoms. The van der Waals surface area contributed by atoms with Gasteiger partial charge in [-0.25, -0.2) is 0 Å². The fourth-order valence-electron chi connectivity index (χ4n) is 8.10. The zero-order valence-corrected chi connectivity index (χ0v) is 28.6. The smallest absolute Gasteiger partial charge is 0.159 e. The number of nitrogens with zero attached hydrogens (tertiary/aromatic N) is 1. The van der Waals surface area contributed by atoms with Crippen LogP contribution < -0.4 is 4.90 Å². The molecule has 0 amide bonds. The van der Waals surface area contributed by atoms with Crippen LogP contribution >= 0.6 is 0 Å². The molecule has 0 aliphatic rings. The number of rotatable bonds is 6. The Morgan fingerprint density at radius 1 is 0.538 bits per heavy atom. The maximum Gasteiger partial charge on any atom is 0.159 e. The second kappa shape index (κ2) is 11.9. The zero-order valence-electron chi connectivity index (χ0n) is 28.6. The van der Waals surface area contributed by atoms with Crippen molar-refractivity contribution in [1.82, 2.24) is 0 Å². The van der Waals surface area contributed by atoms with E-state index in [2.05, 4.69) is 152 Å². The predicted octanol–water partition coefficient (Wildman–Crippen LogP) is 14.4. The molecule has 0 radical (unpaired) electrons. The number of hydrogen-bond acceptors (Lipinski definition) is 3. The van der Waals surface area contributed by atoms with Crippen LogP contribution in [-0.4, -0.2) is 0 Å². The SMILES string of the molecule is C=C/C=C\c1c(C)c(N(c2cccc3c2oc2ccccc23)c2cccc3oc4ccccc4c23)c(-c2ccc3ccccc3c2)c2ccccc12. The molecule has 0 fully saturated rings. The van der Waals surface area contributed by atoms with Gasteiger partial charge in [0.25, 0.3) is 0 Å². The summed E-state index contributed by atoms with van der Waals surface area (Å²) >= 11 is 0. The van der Waals surface area contributed by atoms with Gasteiger partial charge in [-0.3, -0.25) is 0 Å². The lowest BCUT2D eigenvalue weighted by atomic mass is 9.87. The van der Waals surface area contributed by atoms with E-state index in [1.807, 2.05) is 36.4 Å². The number of allylic oxidation sites excluding steroid dienone is 2. The molecule has 8 aromatic carbocycles. The van der Waals surface area contributed by atoms with E-state index in [1.54, 1.807) is 0 Å². The minimum atomic E-state index is 0.828. The third-order valence-corrected chi connectivity index (χ3v) is 10.4. The Morgan fingerprint density at radius 3 is 2.00 bits per heavy atom. The number of anilines is 3. The van der Waals surface area contributed by atoms with Gasteiger partial charge in [0.05, 0.1) is 22.4 Å². The van der Waals surface area contributed by atoms with Crippen molar-refractivity contribution in [3.8, 4) is 11.1 Å². The molecule has 0 saturated carbocycles. The highest BCUT2D eigenvalue weighted by Crippen LogP contribution is 2.52. The Morgan fingerprint density at radius 2 is 1.17 bits per heavy atom. The standard InChI is InChI=1S/C49H33NO2/c1-3-4-17-35-31(2)48(46(38-20-8-7-18-36(35)38)34-29-28-32-15-5-6-16-33(32)30-34)50(41-23-14-27-45-47(41)40-21-10-12-26-44(40)51-45)42-24-13-22-39-37-19-9-11-25-43(37)52-49(39)42/h3-30H,1H2,2H3/b17-4-.